The first-order valence-electron chi connectivity index (χ1n) is 6.25. The maximum Gasteiger partial charge on any atom is 0.240 e. The Morgan fingerprint density at radius 3 is 2.56 bits per heavy atom. The van der Waals surface area contributed by atoms with E-state index >= 15 is 0 Å². The summed E-state index contributed by atoms with van der Waals surface area (Å²) >= 11 is 5.76. The third-order valence-corrected chi connectivity index (χ3v) is 3.23. The fourth-order valence-electron chi connectivity index (χ4n) is 1.99. The highest BCUT2D eigenvalue weighted by Crippen LogP contribution is 2.13. The number of amides is 2. The monoisotopic (exact) mass is 276 g/mol. The van der Waals surface area contributed by atoms with E-state index in [0.29, 0.717) is 26.1 Å². The van der Waals surface area contributed by atoms with Gasteiger partial charge in [0.15, 0.2) is 0 Å². The van der Waals surface area contributed by atoms with E-state index in [0.717, 1.165) is 12.8 Å². The Morgan fingerprint density at radius 1 is 1.44 bits per heavy atom. The van der Waals surface area contributed by atoms with Gasteiger partial charge in [0.25, 0.3) is 0 Å². The lowest BCUT2D eigenvalue weighted by Crippen LogP contribution is -2.48. The summed E-state index contributed by atoms with van der Waals surface area (Å²) in [6, 6.07) is 0.157. The van der Waals surface area contributed by atoms with Crippen LogP contribution in [0.2, 0.25) is 0 Å². The number of carbonyl (C=O) groups excluding carboxylic acids is 2. The number of piperidine rings is 1. The minimum Gasteiger partial charge on any atom is -0.384 e. The summed E-state index contributed by atoms with van der Waals surface area (Å²) in [5, 5.41) is 2.48. The van der Waals surface area contributed by atoms with Gasteiger partial charge in [-0.05, 0) is 19.8 Å². The molecule has 0 spiro atoms. The van der Waals surface area contributed by atoms with Crippen LogP contribution in [-0.4, -0.2) is 54.9 Å². The molecule has 0 aromatic heterocycles. The van der Waals surface area contributed by atoms with Crippen molar-refractivity contribution in [3.63, 3.8) is 0 Å². The van der Waals surface area contributed by atoms with Crippen molar-refractivity contribution in [2.45, 2.75) is 37.6 Å². The Hall–Kier alpha value is -0.810. The van der Waals surface area contributed by atoms with Crippen LogP contribution in [-0.2, 0) is 14.3 Å². The molecule has 0 bridgehead atoms. The van der Waals surface area contributed by atoms with E-state index < -0.39 is 5.38 Å². The summed E-state index contributed by atoms with van der Waals surface area (Å²) in [7, 11) is 1.57. The molecular formula is C12H21ClN2O3. The third kappa shape index (κ3) is 4.82. The van der Waals surface area contributed by atoms with Gasteiger partial charge in [0.2, 0.25) is 11.8 Å². The molecule has 1 rings (SSSR count). The van der Waals surface area contributed by atoms with Gasteiger partial charge in [-0.25, -0.2) is 0 Å². The third-order valence-electron chi connectivity index (χ3n) is 3.05. The normalized spacial score (nSPS) is 18.5. The molecule has 1 aliphatic rings. The summed E-state index contributed by atoms with van der Waals surface area (Å²) < 4.78 is 4.85. The summed E-state index contributed by atoms with van der Waals surface area (Å²) in [6.07, 6.45) is 1.95. The van der Waals surface area contributed by atoms with Crippen molar-refractivity contribution >= 4 is 23.4 Å². The van der Waals surface area contributed by atoms with E-state index in [1.807, 2.05) is 0 Å². The average molecular weight is 277 g/mol. The van der Waals surface area contributed by atoms with Crippen LogP contribution in [0.5, 0.6) is 0 Å². The Kier molecular flexibility index (Phi) is 6.43. The van der Waals surface area contributed by atoms with Crippen LogP contribution in [0.4, 0.5) is 0 Å². The summed E-state index contributed by atoms with van der Waals surface area (Å²) in [5.74, 6) is -0.0202. The molecule has 1 fully saturated rings. The number of carbonyl (C=O) groups is 2. The molecule has 0 aromatic carbocycles. The number of hydrogen-bond acceptors (Lipinski definition) is 3. The highest BCUT2D eigenvalue weighted by molar-refractivity contribution is 6.30. The largest absolute Gasteiger partial charge is 0.384 e. The number of likely N-dealkylation sites (tertiary alicyclic amines) is 1. The molecule has 0 aliphatic carbocycles. The second kappa shape index (κ2) is 7.59. The number of ether oxygens (including phenoxy) is 1. The van der Waals surface area contributed by atoms with E-state index in [-0.39, 0.29) is 17.9 Å². The van der Waals surface area contributed by atoms with Crippen molar-refractivity contribution < 1.29 is 14.3 Å². The first-order valence-corrected chi connectivity index (χ1v) is 6.69. The van der Waals surface area contributed by atoms with Gasteiger partial charge in [0.1, 0.15) is 5.38 Å². The predicted molar refractivity (Wildman–Crippen MR) is 69.6 cm³/mol. The molecule has 1 atom stereocenters. The number of hydrogen-bond donors (Lipinski definition) is 1. The molecular weight excluding hydrogens is 256 g/mol. The fraction of sp³-hybridized carbons (Fsp3) is 0.833. The predicted octanol–water partition coefficient (Wildman–Crippen LogP) is 0.757. The Labute approximate surface area is 113 Å². The van der Waals surface area contributed by atoms with Gasteiger partial charge in [0, 0.05) is 32.7 Å². The van der Waals surface area contributed by atoms with Crippen molar-refractivity contribution in [1.82, 2.24) is 10.2 Å². The van der Waals surface area contributed by atoms with Gasteiger partial charge in [-0.3, -0.25) is 9.59 Å². The van der Waals surface area contributed by atoms with Crippen LogP contribution in [0.3, 0.4) is 0 Å². The van der Waals surface area contributed by atoms with E-state index in [1.54, 1.807) is 18.9 Å². The smallest absolute Gasteiger partial charge is 0.240 e. The molecule has 1 aliphatic heterocycles. The first kappa shape index (κ1) is 15.2. The minimum atomic E-state index is -0.474. The second-order valence-corrected chi connectivity index (χ2v) is 5.18. The lowest BCUT2D eigenvalue weighted by Gasteiger charge is -2.33. The molecule has 1 saturated heterocycles. The van der Waals surface area contributed by atoms with Crippen LogP contribution in [0.25, 0.3) is 0 Å². The second-order valence-electron chi connectivity index (χ2n) is 4.53. The van der Waals surface area contributed by atoms with Crippen LogP contribution in [0.1, 0.15) is 26.2 Å². The fourth-order valence-corrected chi connectivity index (χ4v) is 2.13. The zero-order chi connectivity index (χ0) is 13.5. The number of halogens is 1. The molecule has 104 valence electrons. The summed E-state index contributed by atoms with van der Waals surface area (Å²) in [6.45, 7) is 3.44. The number of methoxy groups -OCH3 is 1. The van der Waals surface area contributed by atoms with Crippen LogP contribution in [0.15, 0.2) is 0 Å². The van der Waals surface area contributed by atoms with Gasteiger partial charge in [-0.1, -0.05) is 0 Å². The first-order chi connectivity index (χ1) is 8.54. The average Bonchev–Trinajstić information content (AvgIpc) is 2.36. The van der Waals surface area contributed by atoms with E-state index in [1.165, 1.54) is 0 Å². The summed E-state index contributed by atoms with van der Waals surface area (Å²) in [4.78, 5) is 24.9. The van der Waals surface area contributed by atoms with Crippen molar-refractivity contribution in [2.24, 2.45) is 0 Å². The minimum absolute atomic E-state index is 0.00679. The Morgan fingerprint density at radius 2 is 2.06 bits per heavy atom. The molecule has 18 heavy (non-hydrogen) atoms. The number of nitrogens with one attached hydrogen (secondary N) is 1. The standard InChI is InChI=1S/C12H21ClN2O3/c1-9(13)12(17)15-6-3-10(4-7-15)14-11(16)5-8-18-2/h9-10H,3-8H2,1-2H3,(H,14,16). The van der Waals surface area contributed by atoms with Crippen molar-refractivity contribution in [3.05, 3.63) is 0 Å². The molecule has 6 heteroatoms. The van der Waals surface area contributed by atoms with Crippen molar-refractivity contribution in [1.29, 1.82) is 0 Å². The zero-order valence-electron chi connectivity index (χ0n) is 10.9. The molecule has 1 heterocycles. The van der Waals surface area contributed by atoms with Crippen LogP contribution in [0, 0.1) is 0 Å². The maximum atomic E-state index is 11.7. The van der Waals surface area contributed by atoms with E-state index in [2.05, 4.69) is 5.32 Å². The number of alkyl halides is 1. The highest BCUT2D eigenvalue weighted by Gasteiger charge is 2.25. The maximum absolute atomic E-state index is 11.7. The van der Waals surface area contributed by atoms with Crippen molar-refractivity contribution in [3.8, 4) is 0 Å². The van der Waals surface area contributed by atoms with E-state index in [4.69, 9.17) is 16.3 Å². The Bertz CT molecular complexity index is 289. The topological polar surface area (TPSA) is 58.6 Å². The molecule has 5 nitrogen and oxygen atoms in total. The molecule has 2 amide bonds. The SMILES string of the molecule is COCCC(=O)NC1CCN(C(=O)C(C)Cl)CC1. The van der Waals surface area contributed by atoms with Crippen molar-refractivity contribution in [2.75, 3.05) is 26.8 Å². The number of nitrogens with zero attached hydrogens (tertiary/aromatic N) is 1. The zero-order valence-corrected chi connectivity index (χ0v) is 11.7. The van der Waals surface area contributed by atoms with Gasteiger partial charge in [-0.15, -0.1) is 11.6 Å². The van der Waals surface area contributed by atoms with Crippen LogP contribution < -0.4 is 5.32 Å². The van der Waals surface area contributed by atoms with E-state index in [9.17, 15) is 9.59 Å². The van der Waals surface area contributed by atoms with Gasteiger partial charge < -0.3 is 15.0 Å². The number of rotatable bonds is 5. The molecule has 0 aromatic rings. The van der Waals surface area contributed by atoms with Crippen LogP contribution >= 0.6 is 11.6 Å². The highest BCUT2D eigenvalue weighted by atomic mass is 35.5. The van der Waals surface area contributed by atoms with Gasteiger partial charge >= 0.3 is 0 Å². The molecule has 0 saturated carbocycles. The Balaban J connectivity index is 2.27. The molecule has 0 radical (unpaired) electrons. The van der Waals surface area contributed by atoms with Gasteiger partial charge in [-0.2, -0.15) is 0 Å². The van der Waals surface area contributed by atoms with Gasteiger partial charge in [0.05, 0.1) is 6.61 Å². The molecule has 1 unspecified atom stereocenters. The lowest BCUT2D eigenvalue weighted by atomic mass is 10.0. The molecule has 1 N–H and O–H groups in total. The quantitative estimate of drug-likeness (QED) is 0.754. The lowest BCUT2D eigenvalue weighted by molar-refractivity contribution is -0.131. The summed E-state index contributed by atoms with van der Waals surface area (Å²) in [5.41, 5.74) is 0.